The van der Waals surface area contributed by atoms with E-state index in [1.165, 1.54) is 30.1 Å². The van der Waals surface area contributed by atoms with Crippen molar-refractivity contribution in [3.8, 4) is 11.4 Å². The van der Waals surface area contributed by atoms with Crippen molar-refractivity contribution in [3.63, 3.8) is 0 Å². The van der Waals surface area contributed by atoms with E-state index in [1.807, 2.05) is 0 Å². The van der Waals surface area contributed by atoms with Gasteiger partial charge in [0.25, 0.3) is 0 Å². The van der Waals surface area contributed by atoms with Gasteiger partial charge in [-0.05, 0) is 12.1 Å². The number of halogens is 1. The largest absolute Gasteiger partial charge is 0.497 e. The van der Waals surface area contributed by atoms with Crippen LogP contribution in [0.5, 0.6) is 5.75 Å². The van der Waals surface area contributed by atoms with Gasteiger partial charge in [-0.15, -0.1) is 5.10 Å². The van der Waals surface area contributed by atoms with Gasteiger partial charge in [-0.2, -0.15) is 0 Å². The van der Waals surface area contributed by atoms with Gasteiger partial charge in [0.15, 0.2) is 0 Å². The van der Waals surface area contributed by atoms with Gasteiger partial charge in [-0.1, -0.05) is 5.21 Å². The van der Waals surface area contributed by atoms with Crippen LogP contribution in [0.25, 0.3) is 5.69 Å². The summed E-state index contributed by atoms with van der Waals surface area (Å²) in [6.07, 6.45) is 1.50. The fourth-order valence-electron chi connectivity index (χ4n) is 1.38. The van der Waals surface area contributed by atoms with E-state index < -0.39 is 5.82 Å². The maximum absolute atomic E-state index is 13.6. The van der Waals surface area contributed by atoms with Crippen molar-refractivity contribution in [1.82, 2.24) is 15.0 Å². The van der Waals surface area contributed by atoms with E-state index in [9.17, 15) is 4.39 Å². The van der Waals surface area contributed by atoms with Gasteiger partial charge in [0.2, 0.25) is 0 Å². The summed E-state index contributed by atoms with van der Waals surface area (Å²) in [7, 11) is 1.52. The average Bonchev–Trinajstić information content (AvgIpc) is 2.77. The minimum atomic E-state index is -0.402. The lowest BCUT2D eigenvalue weighted by atomic mass is 10.3. The molecule has 0 spiro atoms. The lowest BCUT2D eigenvalue weighted by Gasteiger charge is -2.07. The molecule has 84 valence electrons. The summed E-state index contributed by atoms with van der Waals surface area (Å²) in [5.41, 5.74) is 6.41. The zero-order valence-electron chi connectivity index (χ0n) is 8.72. The Labute approximate surface area is 91.6 Å². The normalized spacial score (nSPS) is 10.4. The Kier molecular flexibility index (Phi) is 2.82. The van der Waals surface area contributed by atoms with Crippen molar-refractivity contribution in [3.05, 3.63) is 35.9 Å². The molecule has 6 heteroatoms. The smallest absolute Gasteiger partial charge is 0.149 e. The Hall–Kier alpha value is -1.95. The number of nitrogens with two attached hydrogens (primary N) is 1. The molecule has 0 atom stereocenters. The summed E-state index contributed by atoms with van der Waals surface area (Å²) in [6, 6.07) is 4.40. The number of hydrogen-bond acceptors (Lipinski definition) is 4. The second kappa shape index (κ2) is 4.28. The van der Waals surface area contributed by atoms with Gasteiger partial charge in [0, 0.05) is 12.6 Å². The molecule has 0 fully saturated rings. The van der Waals surface area contributed by atoms with E-state index in [0.717, 1.165) is 0 Å². The van der Waals surface area contributed by atoms with E-state index in [2.05, 4.69) is 10.3 Å². The first kappa shape index (κ1) is 10.6. The Bertz CT molecular complexity index is 497. The fourth-order valence-corrected chi connectivity index (χ4v) is 1.38. The highest BCUT2D eigenvalue weighted by Crippen LogP contribution is 2.20. The van der Waals surface area contributed by atoms with Crippen molar-refractivity contribution < 1.29 is 9.13 Å². The summed E-state index contributed by atoms with van der Waals surface area (Å²) < 4.78 is 20.0. The molecule has 5 nitrogen and oxygen atoms in total. The molecule has 0 saturated heterocycles. The summed E-state index contributed by atoms with van der Waals surface area (Å²) in [4.78, 5) is 0. The maximum Gasteiger partial charge on any atom is 0.149 e. The molecule has 0 aliphatic rings. The van der Waals surface area contributed by atoms with E-state index >= 15 is 0 Å². The molecule has 1 heterocycles. The summed E-state index contributed by atoms with van der Waals surface area (Å²) in [5, 5.41) is 7.48. The molecule has 0 unspecified atom stereocenters. The molecule has 1 aromatic heterocycles. The van der Waals surface area contributed by atoms with Crippen molar-refractivity contribution >= 4 is 0 Å². The molecule has 2 aromatic rings. The first-order valence-corrected chi connectivity index (χ1v) is 4.70. The lowest BCUT2D eigenvalue weighted by molar-refractivity contribution is 0.413. The number of nitrogens with zero attached hydrogens (tertiary/aromatic N) is 3. The highest BCUT2D eigenvalue weighted by Gasteiger charge is 2.10. The van der Waals surface area contributed by atoms with E-state index in [4.69, 9.17) is 10.5 Å². The van der Waals surface area contributed by atoms with Crippen LogP contribution in [0.2, 0.25) is 0 Å². The van der Waals surface area contributed by atoms with Crippen LogP contribution in [0, 0.1) is 5.82 Å². The molecular formula is C10H11FN4O. The van der Waals surface area contributed by atoms with Gasteiger partial charge in [0.1, 0.15) is 17.3 Å². The van der Waals surface area contributed by atoms with Crippen LogP contribution in [0.4, 0.5) is 4.39 Å². The predicted molar refractivity (Wildman–Crippen MR) is 55.8 cm³/mol. The Morgan fingerprint density at radius 2 is 2.31 bits per heavy atom. The SMILES string of the molecule is COc1ccc(F)c(-n2nncc2CN)c1. The predicted octanol–water partition coefficient (Wildman–Crippen LogP) is 0.874. The van der Waals surface area contributed by atoms with Gasteiger partial charge >= 0.3 is 0 Å². The molecule has 2 rings (SSSR count). The first-order chi connectivity index (χ1) is 7.76. The monoisotopic (exact) mass is 222 g/mol. The Morgan fingerprint density at radius 1 is 1.50 bits per heavy atom. The van der Waals surface area contributed by atoms with E-state index in [0.29, 0.717) is 11.4 Å². The molecule has 0 aliphatic carbocycles. The van der Waals surface area contributed by atoms with E-state index in [-0.39, 0.29) is 12.2 Å². The number of hydrogen-bond donors (Lipinski definition) is 1. The third kappa shape index (κ3) is 1.74. The first-order valence-electron chi connectivity index (χ1n) is 4.70. The van der Waals surface area contributed by atoms with Crippen LogP contribution < -0.4 is 10.5 Å². The highest BCUT2D eigenvalue weighted by molar-refractivity contribution is 5.40. The molecule has 0 amide bonds. The van der Waals surface area contributed by atoms with Crippen LogP contribution >= 0.6 is 0 Å². The minimum absolute atomic E-state index is 0.240. The van der Waals surface area contributed by atoms with Crippen LogP contribution in [-0.2, 0) is 6.54 Å². The summed E-state index contributed by atoms with van der Waals surface area (Å²) in [5.74, 6) is 0.149. The van der Waals surface area contributed by atoms with Gasteiger partial charge in [0.05, 0.1) is 19.0 Å². The number of benzene rings is 1. The lowest BCUT2D eigenvalue weighted by Crippen LogP contribution is -2.08. The average molecular weight is 222 g/mol. The number of rotatable bonds is 3. The third-order valence-electron chi connectivity index (χ3n) is 2.21. The molecule has 0 bridgehead atoms. The van der Waals surface area contributed by atoms with Gasteiger partial charge in [-0.3, -0.25) is 0 Å². The molecule has 2 N–H and O–H groups in total. The van der Waals surface area contributed by atoms with Crippen molar-refractivity contribution in [1.29, 1.82) is 0 Å². The quantitative estimate of drug-likeness (QED) is 0.837. The minimum Gasteiger partial charge on any atom is -0.497 e. The van der Waals surface area contributed by atoms with Gasteiger partial charge in [-0.25, -0.2) is 9.07 Å². The van der Waals surface area contributed by atoms with Crippen LogP contribution in [0.1, 0.15) is 5.69 Å². The third-order valence-corrected chi connectivity index (χ3v) is 2.21. The van der Waals surface area contributed by atoms with Gasteiger partial charge < -0.3 is 10.5 Å². The van der Waals surface area contributed by atoms with Crippen LogP contribution in [-0.4, -0.2) is 22.1 Å². The summed E-state index contributed by atoms with van der Waals surface area (Å²) in [6.45, 7) is 0.240. The zero-order chi connectivity index (χ0) is 11.5. The Balaban J connectivity index is 2.54. The van der Waals surface area contributed by atoms with Crippen molar-refractivity contribution in [2.45, 2.75) is 6.54 Å². The molecule has 0 saturated carbocycles. The van der Waals surface area contributed by atoms with Crippen molar-refractivity contribution in [2.24, 2.45) is 5.73 Å². The Morgan fingerprint density at radius 3 is 3.00 bits per heavy atom. The standard InChI is InChI=1S/C10H11FN4O/c1-16-8-2-3-9(11)10(4-8)15-7(5-12)6-13-14-15/h2-4,6H,5,12H2,1H3. The topological polar surface area (TPSA) is 66.0 Å². The second-order valence-electron chi connectivity index (χ2n) is 3.16. The molecule has 1 aromatic carbocycles. The summed E-state index contributed by atoms with van der Waals surface area (Å²) >= 11 is 0. The number of ether oxygens (including phenoxy) is 1. The highest BCUT2D eigenvalue weighted by atomic mass is 19.1. The van der Waals surface area contributed by atoms with Crippen LogP contribution in [0.15, 0.2) is 24.4 Å². The molecule has 16 heavy (non-hydrogen) atoms. The van der Waals surface area contributed by atoms with E-state index in [1.54, 1.807) is 6.07 Å². The molecular weight excluding hydrogens is 211 g/mol. The van der Waals surface area contributed by atoms with Crippen LogP contribution in [0.3, 0.4) is 0 Å². The number of aromatic nitrogens is 3. The zero-order valence-corrected chi connectivity index (χ0v) is 8.72. The fraction of sp³-hybridized carbons (Fsp3) is 0.200. The van der Waals surface area contributed by atoms with Crippen molar-refractivity contribution in [2.75, 3.05) is 7.11 Å². The second-order valence-corrected chi connectivity index (χ2v) is 3.16. The molecule has 0 aliphatic heterocycles. The maximum atomic E-state index is 13.6. The molecule has 0 radical (unpaired) electrons. The number of methoxy groups -OCH3 is 1.